The van der Waals surface area contributed by atoms with Crippen LogP contribution < -0.4 is 14.2 Å². The summed E-state index contributed by atoms with van der Waals surface area (Å²) in [7, 11) is 4.98. The Balaban J connectivity index is 1.88. The van der Waals surface area contributed by atoms with Gasteiger partial charge >= 0.3 is 0 Å². The molecule has 4 heteroatoms. The number of allylic oxidation sites excluding steroid dienone is 1. The number of rotatable bonds is 6. The first-order valence-corrected chi connectivity index (χ1v) is 9.93. The standard InChI is InChI=1S/C26H26O4/c1-28-21-9-5-19(6-10-21)26(20-7-11-22(29-2)12-8-20)15-14-23-18(16-26)4-13-25(30-3)24(23)17-27/h4-15,27H,16-17H2,1-3H3. The van der Waals surface area contributed by atoms with E-state index >= 15 is 0 Å². The summed E-state index contributed by atoms with van der Waals surface area (Å²) in [6.45, 7) is -0.0608. The van der Waals surface area contributed by atoms with E-state index in [2.05, 4.69) is 42.5 Å². The molecule has 0 saturated carbocycles. The lowest BCUT2D eigenvalue weighted by atomic mass is 9.67. The van der Waals surface area contributed by atoms with Crippen LogP contribution in [0.15, 0.2) is 66.7 Å². The third kappa shape index (κ3) is 3.33. The fourth-order valence-electron chi connectivity index (χ4n) is 4.33. The highest BCUT2D eigenvalue weighted by Gasteiger charge is 2.35. The number of ether oxygens (including phenoxy) is 3. The summed E-state index contributed by atoms with van der Waals surface area (Å²) in [6.07, 6.45) is 5.12. The Kier molecular flexibility index (Phi) is 5.51. The topological polar surface area (TPSA) is 47.9 Å². The predicted molar refractivity (Wildman–Crippen MR) is 118 cm³/mol. The SMILES string of the molecule is COc1ccc(C2(c3ccc(OC)cc3)C=Cc3c(ccc(OC)c3CO)C2)cc1. The summed E-state index contributed by atoms with van der Waals surface area (Å²) >= 11 is 0. The van der Waals surface area contributed by atoms with Crippen LogP contribution in [0.25, 0.3) is 6.08 Å². The van der Waals surface area contributed by atoms with Crippen LogP contribution in [-0.4, -0.2) is 26.4 Å². The van der Waals surface area contributed by atoms with Crippen LogP contribution in [0.3, 0.4) is 0 Å². The Hall–Kier alpha value is -3.24. The monoisotopic (exact) mass is 402 g/mol. The number of fused-ring (bicyclic) bond motifs is 1. The maximum absolute atomic E-state index is 9.94. The van der Waals surface area contributed by atoms with E-state index in [-0.39, 0.29) is 12.0 Å². The van der Waals surface area contributed by atoms with Gasteiger partial charge in [0.2, 0.25) is 0 Å². The van der Waals surface area contributed by atoms with Crippen LogP contribution in [0.2, 0.25) is 0 Å². The molecule has 3 aromatic carbocycles. The van der Waals surface area contributed by atoms with E-state index in [1.54, 1.807) is 21.3 Å². The lowest BCUT2D eigenvalue weighted by molar-refractivity contribution is 0.273. The number of methoxy groups -OCH3 is 3. The van der Waals surface area contributed by atoms with Crippen LogP contribution in [0.1, 0.15) is 27.8 Å². The molecule has 0 radical (unpaired) electrons. The summed E-state index contributed by atoms with van der Waals surface area (Å²) in [5.41, 5.74) is 5.05. The van der Waals surface area contributed by atoms with Crippen molar-refractivity contribution in [3.8, 4) is 17.2 Å². The first kappa shape index (κ1) is 20.0. The van der Waals surface area contributed by atoms with Crippen molar-refractivity contribution in [2.75, 3.05) is 21.3 Å². The second-order valence-corrected chi connectivity index (χ2v) is 7.42. The fourth-order valence-corrected chi connectivity index (χ4v) is 4.33. The van der Waals surface area contributed by atoms with Gasteiger partial charge in [0.15, 0.2) is 0 Å². The van der Waals surface area contributed by atoms with Crippen molar-refractivity contribution in [1.29, 1.82) is 0 Å². The molecule has 0 spiro atoms. The van der Waals surface area contributed by atoms with Gasteiger partial charge in [-0.3, -0.25) is 0 Å². The van der Waals surface area contributed by atoms with Crippen LogP contribution in [0.5, 0.6) is 17.2 Å². The van der Waals surface area contributed by atoms with Crippen molar-refractivity contribution >= 4 is 6.08 Å². The van der Waals surface area contributed by atoms with E-state index in [0.29, 0.717) is 5.75 Å². The molecule has 30 heavy (non-hydrogen) atoms. The van der Waals surface area contributed by atoms with Gasteiger partial charge < -0.3 is 19.3 Å². The number of aliphatic hydroxyl groups is 1. The fraction of sp³-hybridized carbons (Fsp3) is 0.231. The van der Waals surface area contributed by atoms with Crippen LogP contribution in [0.4, 0.5) is 0 Å². The van der Waals surface area contributed by atoms with Crippen molar-refractivity contribution in [1.82, 2.24) is 0 Å². The van der Waals surface area contributed by atoms with Gasteiger partial charge in [-0.2, -0.15) is 0 Å². The summed E-state index contributed by atoms with van der Waals surface area (Å²) in [6, 6.07) is 20.5. The minimum atomic E-state index is -0.340. The van der Waals surface area contributed by atoms with Gasteiger partial charge in [0.05, 0.1) is 27.9 Å². The molecule has 0 bridgehead atoms. The molecule has 1 aliphatic rings. The Morgan fingerprint density at radius 1 is 0.767 bits per heavy atom. The maximum atomic E-state index is 9.94. The van der Waals surface area contributed by atoms with E-state index in [0.717, 1.165) is 29.0 Å². The van der Waals surface area contributed by atoms with E-state index in [1.807, 2.05) is 30.3 Å². The molecule has 0 amide bonds. The van der Waals surface area contributed by atoms with Crippen molar-refractivity contribution in [3.63, 3.8) is 0 Å². The molecule has 4 nitrogen and oxygen atoms in total. The lowest BCUT2D eigenvalue weighted by Gasteiger charge is -2.36. The van der Waals surface area contributed by atoms with Gasteiger partial charge in [-0.05, 0) is 59.0 Å². The molecule has 0 heterocycles. The van der Waals surface area contributed by atoms with Gasteiger partial charge in [0.25, 0.3) is 0 Å². The quantitative estimate of drug-likeness (QED) is 0.646. The van der Waals surface area contributed by atoms with E-state index in [4.69, 9.17) is 14.2 Å². The Morgan fingerprint density at radius 2 is 1.33 bits per heavy atom. The minimum Gasteiger partial charge on any atom is -0.497 e. The largest absolute Gasteiger partial charge is 0.497 e. The highest BCUT2D eigenvalue weighted by Crippen LogP contribution is 2.44. The molecule has 1 N–H and O–H groups in total. The van der Waals surface area contributed by atoms with Gasteiger partial charge in [-0.1, -0.05) is 42.5 Å². The third-order valence-electron chi connectivity index (χ3n) is 6.00. The molecule has 0 fully saturated rings. The van der Waals surface area contributed by atoms with Crippen LogP contribution in [-0.2, 0) is 18.4 Å². The number of hydrogen-bond donors (Lipinski definition) is 1. The van der Waals surface area contributed by atoms with Crippen molar-refractivity contribution in [2.45, 2.75) is 18.4 Å². The van der Waals surface area contributed by atoms with Gasteiger partial charge in [-0.15, -0.1) is 0 Å². The minimum absolute atomic E-state index is 0.0608. The molecular weight excluding hydrogens is 376 g/mol. The summed E-state index contributed by atoms with van der Waals surface area (Å²) in [5, 5.41) is 9.94. The Labute approximate surface area is 177 Å². The summed E-state index contributed by atoms with van der Waals surface area (Å²) in [5.74, 6) is 2.37. The molecule has 4 rings (SSSR count). The van der Waals surface area contributed by atoms with E-state index in [1.165, 1.54) is 16.7 Å². The summed E-state index contributed by atoms with van der Waals surface area (Å²) in [4.78, 5) is 0. The predicted octanol–water partition coefficient (Wildman–Crippen LogP) is 4.76. The smallest absolute Gasteiger partial charge is 0.124 e. The molecule has 0 atom stereocenters. The normalized spacial score (nSPS) is 14.1. The zero-order valence-corrected chi connectivity index (χ0v) is 17.5. The maximum Gasteiger partial charge on any atom is 0.124 e. The second kappa shape index (κ2) is 8.25. The highest BCUT2D eigenvalue weighted by molar-refractivity contribution is 5.69. The molecule has 154 valence electrons. The third-order valence-corrected chi connectivity index (χ3v) is 6.00. The molecular formula is C26H26O4. The van der Waals surface area contributed by atoms with Crippen molar-refractivity contribution in [3.05, 3.63) is 94.6 Å². The molecule has 0 saturated heterocycles. The Bertz CT molecular complexity index is 1000. The molecule has 1 aliphatic carbocycles. The highest BCUT2D eigenvalue weighted by atomic mass is 16.5. The van der Waals surface area contributed by atoms with E-state index in [9.17, 15) is 5.11 Å². The number of hydrogen-bond acceptors (Lipinski definition) is 4. The molecule has 0 aromatic heterocycles. The van der Waals surface area contributed by atoms with Crippen LogP contribution in [0, 0.1) is 0 Å². The first-order valence-electron chi connectivity index (χ1n) is 9.93. The molecule has 0 unspecified atom stereocenters. The molecule has 0 aliphatic heterocycles. The second-order valence-electron chi connectivity index (χ2n) is 7.42. The first-order chi connectivity index (χ1) is 14.6. The lowest BCUT2D eigenvalue weighted by Crippen LogP contribution is -2.30. The van der Waals surface area contributed by atoms with E-state index < -0.39 is 0 Å². The molecule has 3 aromatic rings. The average Bonchev–Trinajstić information content (AvgIpc) is 2.82. The van der Waals surface area contributed by atoms with Gasteiger partial charge in [0, 0.05) is 11.0 Å². The van der Waals surface area contributed by atoms with Crippen LogP contribution >= 0.6 is 0 Å². The summed E-state index contributed by atoms with van der Waals surface area (Å²) < 4.78 is 16.2. The zero-order chi connectivity index (χ0) is 21.1. The van der Waals surface area contributed by atoms with Gasteiger partial charge in [-0.25, -0.2) is 0 Å². The zero-order valence-electron chi connectivity index (χ0n) is 17.5. The Morgan fingerprint density at radius 3 is 1.80 bits per heavy atom. The van der Waals surface area contributed by atoms with Gasteiger partial charge in [0.1, 0.15) is 17.2 Å². The van der Waals surface area contributed by atoms with Crippen molar-refractivity contribution < 1.29 is 19.3 Å². The number of benzene rings is 3. The van der Waals surface area contributed by atoms with Crippen molar-refractivity contribution in [2.24, 2.45) is 0 Å². The average molecular weight is 402 g/mol. The number of aliphatic hydroxyl groups excluding tert-OH is 1.